The van der Waals surface area contributed by atoms with Crippen LogP contribution >= 0.6 is 0 Å². The molecule has 2 atom stereocenters. The number of likely N-dealkylation sites (tertiary alicyclic amines) is 1. The van der Waals surface area contributed by atoms with Crippen LogP contribution in [0.25, 0.3) is 0 Å². The van der Waals surface area contributed by atoms with E-state index in [0.717, 1.165) is 5.56 Å². The maximum absolute atomic E-state index is 12.0. The van der Waals surface area contributed by atoms with Crippen molar-refractivity contribution < 1.29 is 19.5 Å². The summed E-state index contributed by atoms with van der Waals surface area (Å²) in [6.07, 6.45) is -0.390. The van der Waals surface area contributed by atoms with Crippen LogP contribution in [0.4, 0.5) is 4.79 Å². The first-order valence-corrected chi connectivity index (χ1v) is 6.63. The Hall–Kier alpha value is -1.63. The van der Waals surface area contributed by atoms with E-state index in [1.807, 2.05) is 30.3 Å². The van der Waals surface area contributed by atoms with E-state index < -0.39 is 6.10 Å². The zero-order valence-electron chi connectivity index (χ0n) is 11.5. The number of rotatable bonds is 4. The number of carbonyl (C=O) groups is 1. The van der Waals surface area contributed by atoms with Crippen LogP contribution in [0.2, 0.25) is 0 Å². The molecule has 0 radical (unpaired) electrons. The van der Waals surface area contributed by atoms with Crippen molar-refractivity contribution in [3.05, 3.63) is 35.9 Å². The fraction of sp³-hybridized carbons (Fsp3) is 0.500. The first-order chi connectivity index (χ1) is 9.70. The molecule has 1 heterocycles. The number of nitrogens with zero attached hydrogens (tertiary/aromatic N) is 1. The van der Waals surface area contributed by atoms with Gasteiger partial charge >= 0.3 is 6.09 Å². The van der Waals surface area contributed by atoms with E-state index in [2.05, 4.69) is 5.48 Å². The lowest BCUT2D eigenvalue weighted by Gasteiger charge is -2.35. The third-order valence-corrected chi connectivity index (χ3v) is 3.31. The number of hydrogen-bond donors (Lipinski definition) is 2. The Balaban J connectivity index is 1.83. The number of aliphatic hydroxyl groups is 1. The standard InChI is InChI=1S/C14H20N2O4/c1-19-15-12-9-16(8-7-13(12)17)14(18)20-10-11-5-3-2-4-6-11/h2-6,12-13,15,17H,7-10H2,1H3/t12-,13+/m0/s1. The highest BCUT2D eigenvalue weighted by molar-refractivity contribution is 5.67. The number of piperidine rings is 1. The van der Waals surface area contributed by atoms with Gasteiger partial charge in [-0.25, -0.2) is 4.79 Å². The van der Waals surface area contributed by atoms with Gasteiger partial charge in [0.05, 0.1) is 19.3 Å². The molecule has 1 aliphatic heterocycles. The number of benzene rings is 1. The van der Waals surface area contributed by atoms with Crippen molar-refractivity contribution in [2.45, 2.75) is 25.2 Å². The van der Waals surface area contributed by atoms with Crippen LogP contribution in [0, 0.1) is 0 Å². The van der Waals surface area contributed by atoms with Crippen LogP contribution in [0.5, 0.6) is 0 Å². The highest BCUT2D eigenvalue weighted by atomic mass is 16.6. The van der Waals surface area contributed by atoms with Crippen LogP contribution in [-0.4, -0.2) is 48.4 Å². The minimum Gasteiger partial charge on any atom is -0.445 e. The van der Waals surface area contributed by atoms with Gasteiger partial charge in [0, 0.05) is 13.1 Å². The molecule has 2 N–H and O–H groups in total. The van der Waals surface area contributed by atoms with Crippen molar-refractivity contribution in [1.29, 1.82) is 0 Å². The minimum atomic E-state index is -0.520. The Bertz CT molecular complexity index is 426. The second kappa shape index (κ2) is 7.23. The van der Waals surface area contributed by atoms with E-state index in [-0.39, 0.29) is 18.7 Å². The maximum atomic E-state index is 12.0. The van der Waals surface area contributed by atoms with Crippen LogP contribution < -0.4 is 5.48 Å². The zero-order valence-corrected chi connectivity index (χ0v) is 11.5. The molecule has 1 amide bonds. The molecule has 1 fully saturated rings. The van der Waals surface area contributed by atoms with E-state index in [0.29, 0.717) is 19.5 Å². The topological polar surface area (TPSA) is 71.0 Å². The molecule has 0 saturated carbocycles. The molecule has 0 bridgehead atoms. The maximum Gasteiger partial charge on any atom is 0.410 e. The van der Waals surface area contributed by atoms with Crippen LogP contribution in [-0.2, 0) is 16.2 Å². The van der Waals surface area contributed by atoms with Crippen molar-refractivity contribution in [3.8, 4) is 0 Å². The average Bonchev–Trinajstić information content (AvgIpc) is 2.48. The van der Waals surface area contributed by atoms with Gasteiger partial charge in [0.2, 0.25) is 0 Å². The molecule has 0 unspecified atom stereocenters. The summed E-state index contributed by atoms with van der Waals surface area (Å²) in [5.74, 6) is 0. The highest BCUT2D eigenvalue weighted by Gasteiger charge is 2.30. The summed E-state index contributed by atoms with van der Waals surface area (Å²) in [4.78, 5) is 18.4. The quantitative estimate of drug-likeness (QED) is 0.802. The van der Waals surface area contributed by atoms with Gasteiger partial charge in [-0.05, 0) is 12.0 Å². The second-order valence-corrected chi connectivity index (χ2v) is 4.77. The van der Waals surface area contributed by atoms with Gasteiger partial charge < -0.3 is 19.6 Å². The number of amides is 1. The predicted molar refractivity (Wildman–Crippen MR) is 72.8 cm³/mol. The third-order valence-electron chi connectivity index (χ3n) is 3.31. The molecule has 0 spiro atoms. The van der Waals surface area contributed by atoms with Gasteiger partial charge in [-0.3, -0.25) is 0 Å². The van der Waals surface area contributed by atoms with Gasteiger partial charge in [-0.15, -0.1) is 0 Å². The Kier molecular flexibility index (Phi) is 5.34. The summed E-state index contributed by atoms with van der Waals surface area (Å²) in [6.45, 7) is 1.10. The first-order valence-electron chi connectivity index (χ1n) is 6.63. The number of aliphatic hydroxyl groups excluding tert-OH is 1. The van der Waals surface area contributed by atoms with Gasteiger partial charge in [0.15, 0.2) is 0 Å². The Morgan fingerprint density at radius 1 is 1.45 bits per heavy atom. The third kappa shape index (κ3) is 3.93. The molecule has 1 saturated heterocycles. The Morgan fingerprint density at radius 3 is 2.90 bits per heavy atom. The number of nitrogens with one attached hydrogen (secondary N) is 1. The van der Waals surface area contributed by atoms with E-state index in [9.17, 15) is 9.90 Å². The molecule has 110 valence electrons. The smallest absolute Gasteiger partial charge is 0.410 e. The number of hydroxylamine groups is 1. The van der Waals surface area contributed by atoms with Crippen molar-refractivity contribution in [2.75, 3.05) is 20.2 Å². The lowest BCUT2D eigenvalue weighted by Crippen LogP contribution is -2.54. The molecule has 0 aromatic heterocycles. The normalized spacial score (nSPS) is 22.6. The molecule has 2 rings (SSSR count). The van der Waals surface area contributed by atoms with Crippen molar-refractivity contribution in [1.82, 2.24) is 10.4 Å². The van der Waals surface area contributed by atoms with Crippen LogP contribution in [0.15, 0.2) is 30.3 Å². The Labute approximate surface area is 118 Å². The molecule has 6 heteroatoms. The summed E-state index contributed by atoms with van der Waals surface area (Å²) < 4.78 is 5.27. The summed E-state index contributed by atoms with van der Waals surface area (Å²) in [5, 5.41) is 9.79. The van der Waals surface area contributed by atoms with Gasteiger partial charge in [-0.1, -0.05) is 30.3 Å². The summed E-state index contributed by atoms with van der Waals surface area (Å²) in [5.41, 5.74) is 3.64. The molecule has 1 aromatic rings. The zero-order chi connectivity index (χ0) is 14.4. The molecular formula is C14H20N2O4. The molecular weight excluding hydrogens is 260 g/mol. The van der Waals surface area contributed by atoms with E-state index >= 15 is 0 Å². The second-order valence-electron chi connectivity index (χ2n) is 4.77. The van der Waals surface area contributed by atoms with E-state index in [1.54, 1.807) is 4.90 Å². The fourth-order valence-corrected chi connectivity index (χ4v) is 2.18. The minimum absolute atomic E-state index is 0.251. The average molecular weight is 280 g/mol. The van der Waals surface area contributed by atoms with Gasteiger partial charge in [-0.2, -0.15) is 5.48 Å². The van der Waals surface area contributed by atoms with Crippen molar-refractivity contribution >= 4 is 6.09 Å². The SMILES string of the molecule is CON[C@H]1CN(C(=O)OCc2ccccc2)CC[C@H]1O. The lowest BCUT2D eigenvalue weighted by atomic mass is 10.0. The van der Waals surface area contributed by atoms with E-state index in [4.69, 9.17) is 9.57 Å². The first kappa shape index (κ1) is 14.8. The fourth-order valence-electron chi connectivity index (χ4n) is 2.18. The predicted octanol–water partition coefficient (Wildman–Crippen LogP) is 0.909. The van der Waals surface area contributed by atoms with Crippen molar-refractivity contribution in [3.63, 3.8) is 0 Å². The Morgan fingerprint density at radius 2 is 2.20 bits per heavy atom. The molecule has 1 aromatic carbocycles. The van der Waals surface area contributed by atoms with Gasteiger partial charge in [0.25, 0.3) is 0 Å². The monoisotopic (exact) mass is 280 g/mol. The van der Waals surface area contributed by atoms with Crippen LogP contribution in [0.3, 0.4) is 0 Å². The van der Waals surface area contributed by atoms with Crippen LogP contribution in [0.1, 0.15) is 12.0 Å². The summed E-state index contributed by atoms with van der Waals surface area (Å²) in [6, 6.07) is 9.24. The number of hydrogen-bond acceptors (Lipinski definition) is 5. The number of ether oxygens (including phenoxy) is 1. The lowest BCUT2D eigenvalue weighted by molar-refractivity contribution is -0.0310. The van der Waals surface area contributed by atoms with Gasteiger partial charge in [0.1, 0.15) is 6.61 Å². The highest BCUT2D eigenvalue weighted by Crippen LogP contribution is 2.13. The van der Waals surface area contributed by atoms with E-state index in [1.165, 1.54) is 7.11 Å². The molecule has 20 heavy (non-hydrogen) atoms. The summed E-state index contributed by atoms with van der Waals surface area (Å²) >= 11 is 0. The van der Waals surface area contributed by atoms with Crippen molar-refractivity contribution in [2.24, 2.45) is 0 Å². The molecule has 0 aliphatic carbocycles. The molecule has 6 nitrogen and oxygen atoms in total. The molecule has 1 aliphatic rings. The largest absolute Gasteiger partial charge is 0.445 e. The number of carbonyl (C=O) groups excluding carboxylic acids is 1. The summed E-state index contributed by atoms with van der Waals surface area (Å²) in [7, 11) is 1.49.